The number of benzene rings is 2. The molecule has 0 aromatic heterocycles. The first-order valence-electron chi connectivity index (χ1n) is 9.03. The summed E-state index contributed by atoms with van der Waals surface area (Å²) in [5.74, 6) is 2.42. The molecule has 1 saturated carbocycles. The van der Waals surface area contributed by atoms with E-state index in [1.807, 2.05) is 0 Å². The number of methoxy groups -OCH3 is 1. The summed E-state index contributed by atoms with van der Waals surface area (Å²) in [7, 11) is 1.73. The molecule has 0 bridgehead atoms. The largest absolute Gasteiger partial charge is 0.497 e. The SMILES string of the molecule is CCCc1ccc(C2CCC(c3ccc(OC)cc3)CC2)cc1. The van der Waals surface area contributed by atoms with E-state index in [0.717, 1.165) is 17.6 Å². The van der Waals surface area contributed by atoms with E-state index in [1.165, 1.54) is 55.2 Å². The second-order valence-corrected chi connectivity index (χ2v) is 6.81. The van der Waals surface area contributed by atoms with Crippen LogP contribution in [0, 0.1) is 0 Å². The minimum atomic E-state index is 0.719. The van der Waals surface area contributed by atoms with Crippen molar-refractivity contribution in [2.24, 2.45) is 0 Å². The Labute approximate surface area is 140 Å². The van der Waals surface area contributed by atoms with Gasteiger partial charge < -0.3 is 4.74 Å². The van der Waals surface area contributed by atoms with Crippen molar-refractivity contribution in [2.45, 2.75) is 57.3 Å². The molecule has 1 aliphatic carbocycles. The molecule has 0 amide bonds. The van der Waals surface area contributed by atoms with Gasteiger partial charge in [0.1, 0.15) is 5.75 Å². The first-order chi connectivity index (χ1) is 11.3. The first-order valence-corrected chi connectivity index (χ1v) is 9.03. The number of ether oxygens (including phenoxy) is 1. The Morgan fingerprint density at radius 2 is 1.26 bits per heavy atom. The van der Waals surface area contributed by atoms with Gasteiger partial charge in [0.05, 0.1) is 7.11 Å². The highest BCUT2D eigenvalue weighted by atomic mass is 16.5. The van der Waals surface area contributed by atoms with Crippen molar-refractivity contribution in [1.29, 1.82) is 0 Å². The van der Waals surface area contributed by atoms with Gasteiger partial charge in [0.15, 0.2) is 0 Å². The molecule has 1 fully saturated rings. The average molecular weight is 308 g/mol. The third-order valence-electron chi connectivity index (χ3n) is 5.30. The minimum Gasteiger partial charge on any atom is -0.497 e. The lowest BCUT2D eigenvalue weighted by Gasteiger charge is -2.29. The zero-order chi connectivity index (χ0) is 16.1. The molecule has 2 aromatic carbocycles. The van der Waals surface area contributed by atoms with Crippen LogP contribution in [0.4, 0.5) is 0 Å². The third-order valence-corrected chi connectivity index (χ3v) is 5.30. The third kappa shape index (κ3) is 3.96. The van der Waals surface area contributed by atoms with E-state index in [4.69, 9.17) is 4.74 Å². The lowest BCUT2D eigenvalue weighted by molar-refractivity contribution is 0.394. The van der Waals surface area contributed by atoms with Crippen molar-refractivity contribution in [3.8, 4) is 5.75 Å². The highest BCUT2D eigenvalue weighted by molar-refractivity contribution is 5.31. The number of aryl methyl sites for hydroxylation is 1. The molecule has 23 heavy (non-hydrogen) atoms. The Morgan fingerprint density at radius 1 is 0.783 bits per heavy atom. The summed E-state index contributed by atoms with van der Waals surface area (Å²) < 4.78 is 5.26. The fourth-order valence-corrected chi connectivity index (χ4v) is 3.88. The molecule has 0 saturated heterocycles. The van der Waals surface area contributed by atoms with Crippen molar-refractivity contribution in [3.63, 3.8) is 0 Å². The second-order valence-electron chi connectivity index (χ2n) is 6.81. The standard InChI is InChI=1S/C22H28O/c1-3-4-17-5-7-18(8-6-17)19-9-11-20(12-10-19)21-13-15-22(23-2)16-14-21/h5-8,13-16,19-20H,3-4,9-12H2,1-2H3. The van der Waals surface area contributed by atoms with E-state index < -0.39 is 0 Å². The first kappa shape index (κ1) is 16.1. The van der Waals surface area contributed by atoms with Gasteiger partial charge in [-0.2, -0.15) is 0 Å². The van der Waals surface area contributed by atoms with Crippen molar-refractivity contribution in [3.05, 3.63) is 65.2 Å². The molecule has 0 aliphatic heterocycles. The zero-order valence-corrected chi connectivity index (χ0v) is 14.4. The highest BCUT2D eigenvalue weighted by Gasteiger charge is 2.23. The molecule has 1 aliphatic rings. The fraction of sp³-hybridized carbons (Fsp3) is 0.455. The van der Waals surface area contributed by atoms with Crippen LogP contribution in [-0.4, -0.2) is 7.11 Å². The average Bonchev–Trinajstić information content (AvgIpc) is 2.63. The van der Waals surface area contributed by atoms with Gasteiger partial charge in [-0.05, 0) is 72.8 Å². The van der Waals surface area contributed by atoms with Crippen molar-refractivity contribution < 1.29 is 4.74 Å². The summed E-state index contributed by atoms with van der Waals surface area (Å²) >= 11 is 0. The molecule has 3 rings (SSSR count). The van der Waals surface area contributed by atoms with Crippen molar-refractivity contribution in [1.82, 2.24) is 0 Å². The Kier molecular flexibility index (Phi) is 5.38. The molecule has 0 N–H and O–H groups in total. The van der Waals surface area contributed by atoms with Gasteiger partial charge in [-0.3, -0.25) is 0 Å². The molecule has 1 nitrogen and oxygen atoms in total. The van der Waals surface area contributed by atoms with Crippen LogP contribution in [0.3, 0.4) is 0 Å². The quantitative estimate of drug-likeness (QED) is 0.649. The van der Waals surface area contributed by atoms with E-state index in [2.05, 4.69) is 55.5 Å². The van der Waals surface area contributed by atoms with Crippen LogP contribution >= 0.6 is 0 Å². The molecule has 0 heterocycles. The van der Waals surface area contributed by atoms with Crippen LogP contribution < -0.4 is 4.74 Å². The van der Waals surface area contributed by atoms with Crippen LogP contribution in [0.15, 0.2) is 48.5 Å². The zero-order valence-electron chi connectivity index (χ0n) is 14.4. The van der Waals surface area contributed by atoms with E-state index in [0.29, 0.717) is 0 Å². The topological polar surface area (TPSA) is 9.23 Å². The molecule has 2 aromatic rings. The van der Waals surface area contributed by atoms with Crippen LogP contribution in [0.25, 0.3) is 0 Å². The number of rotatable bonds is 5. The summed E-state index contributed by atoms with van der Waals surface area (Å²) in [5.41, 5.74) is 4.49. The van der Waals surface area contributed by atoms with Gasteiger partial charge in [0.2, 0.25) is 0 Å². The molecule has 1 heteroatoms. The Balaban J connectivity index is 1.59. The maximum Gasteiger partial charge on any atom is 0.118 e. The van der Waals surface area contributed by atoms with Gasteiger partial charge in [-0.15, -0.1) is 0 Å². The smallest absolute Gasteiger partial charge is 0.118 e. The summed E-state index contributed by atoms with van der Waals surface area (Å²) in [5, 5.41) is 0. The maximum absolute atomic E-state index is 5.26. The summed E-state index contributed by atoms with van der Waals surface area (Å²) in [4.78, 5) is 0. The predicted octanol–water partition coefficient (Wildman–Crippen LogP) is 6.09. The number of hydrogen-bond donors (Lipinski definition) is 0. The summed E-state index contributed by atoms with van der Waals surface area (Å²) in [6, 6.07) is 18.0. The van der Waals surface area contributed by atoms with Gasteiger partial charge in [0, 0.05) is 0 Å². The van der Waals surface area contributed by atoms with E-state index in [-0.39, 0.29) is 0 Å². The van der Waals surface area contributed by atoms with Crippen molar-refractivity contribution >= 4 is 0 Å². The van der Waals surface area contributed by atoms with Crippen LogP contribution in [0.1, 0.15) is 67.6 Å². The second kappa shape index (κ2) is 7.68. The van der Waals surface area contributed by atoms with Crippen LogP contribution in [-0.2, 0) is 6.42 Å². The Hall–Kier alpha value is -1.76. The van der Waals surface area contributed by atoms with E-state index in [9.17, 15) is 0 Å². The molecule has 0 radical (unpaired) electrons. The molecule has 0 spiro atoms. The molecular weight excluding hydrogens is 280 g/mol. The predicted molar refractivity (Wildman–Crippen MR) is 97.4 cm³/mol. The molecule has 0 unspecified atom stereocenters. The van der Waals surface area contributed by atoms with Gasteiger partial charge in [0.25, 0.3) is 0 Å². The monoisotopic (exact) mass is 308 g/mol. The molecular formula is C22H28O. The highest BCUT2D eigenvalue weighted by Crippen LogP contribution is 2.40. The lowest BCUT2D eigenvalue weighted by atomic mass is 9.76. The fourth-order valence-electron chi connectivity index (χ4n) is 3.88. The summed E-state index contributed by atoms with van der Waals surface area (Å²) in [6.45, 7) is 2.24. The maximum atomic E-state index is 5.26. The van der Waals surface area contributed by atoms with Gasteiger partial charge in [-0.1, -0.05) is 49.7 Å². The van der Waals surface area contributed by atoms with Crippen molar-refractivity contribution in [2.75, 3.05) is 7.11 Å². The van der Waals surface area contributed by atoms with Crippen LogP contribution in [0.5, 0.6) is 5.75 Å². The van der Waals surface area contributed by atoms with E-state index >= 15 is 0 Å². The normalized spacial score (nSPS) is 21.1. The summed E-state index contributed by atoms with van der Waals surface area (Å²) in [6.07, 6.45) is 7.64. The minimum absolute atomic E-state index is 0.719. The van der Waals surface area contributed by atoms with Gasteiger partial charge in [-0.25, -0.2) is 0 Å². The van der Waals surface area contributed by atoms with Gasteiger partial charge >= 0.3 is 0 Å². The molecule has 122 valence electrons. The molecule has 0 atom stereocenters. The van der Waals surface area contributed by atoms with E-state index in [1.54, 1.807) is 7.11 Å². The Bertz CT molecular complexity index is 589. The Morgan fingerprint density at radius 3 is 1.70 bits per heavy atom. The van der Waals surface area contributed by atoms with Crippen LogP contribution in [0.2, 0.25) is 0 Å². The lowest BCUT2D eigenvalue weighted by Crippen LogP contribution is -2.12. The number of hydrogen-bond acceptors (Lipinski definition) is 1.